The lowest BCUT2D eigenvalue weighted by atomic mass is 9.77. The van der Waals surface area contributed by atoms with Crippen molar-refractivity contribution in [3.05, 3.63) is 0 Å². The van der Waals surface area contributed by atoms with Crippen LogP contribution in [0.4, 0.5) is 0 Å². The number of piperidine rings is 1. The molecule has 0 bridgehead atoms. The van der Waals surface area contributed by atoms with Crippen molar-refractivity contribution in [2.24, 2.45) is 5.41 Å². The van der Waals surface area contributed by atoms with E-state index < -0.39 is 26.2 Å². The Morgan fingerprint density at radius 2 is 1.95 bits per heavy atom. The first-order valence-electron chi connectivity index (χ1n) is 6.80. The fraction of sp³-hybridized carbons (Fsp3) is 0.923. The Hall–Kier alpha value is -0.620. The van der Waals surface area contributed by atoms with Crippen LogP contribution >= 0.6 is 0 Å². The second-order valence-electron chi connectivity index (χ2n) is 6.39. The summed E-state index contributed by atoms with van der Waals surface area (Å²) in [5, 5.41) is 9.48. The molecule has 1 aliphatic rings. The molecule has 6 heteroatoms. The lowest BCUT2D eigenvalue weighted by Crippen LogP contribution is -2.53. The molecule has 1 aliphatic heterocycles. The van der Waals surface area contributed by atoms with Gasteiger partial charge in [0.25, 0.3) is 0 Å². The fourth-order valence-electron chi connectivity index (χ4n) is 2.65. The third-order valence-electron chi connectivity index (χ3n) is 3.84. The number of carboxylic acid groups (broad SMARTS) is 1. The Balaban J connectivity index is 3.06. The van der Waals surface area contributed by atoms with E-state index in [1.807, 2.05) is 6.92 Å². The molecule has 0 aromatic rings. The molecule has 0 aliphatic carbocycles. The number of nitrogens with zero attached hydrogens (tertiary/aromatic N) is 1. The van der Waals surface area contributed by atoms with Crippen LogP contribution in [0.25, 0.3) is 0 Å². The van der Waals surface area contributed by atoms with Crippen LogP contribution in [0.2, 0.25) is 0 Å². The van der Waals surface area contributed by atoms with E-state index in [9.17, 15) is 18.3 Å². The van der Waals surface area contributed by atoms with E-state index in [0.29, 0.717) is 25.8 Å². The molecule has 0 aromatic carbocycles. The summed E-state index contributed by atoms with van der Waals surface area (Å²) in [5.41, 5.74) is -0.911. The average molecular weight is 291 g/mol. The molecule has 1 fully saturated rings. The van der Waals surface area contributed by atoms with Gasteiger partial charge >= 0.3 is 5.97 Å². The smallest absolute Gasteiger partial charge is 0.310 e. The van der Waals surface area contributed by atoms with Crippen LogP contribution in [-0.2, 0) is 14.8 Å². The van der Waals surface area contributed by atoms with Gasteiger partial charge in [-0.2, -0.15) is 0 Å². The molecule has 112 valence electrons. The van der Waals surface area contributed by atoms with Crippen molar-refractivity contribution in [3.8, 4) is 0 Å². The summed E-state index contributed by atoms with van der Waals surface area (Å²) >= 11 is 0. The summed E-state index contributed by atoms with van der Waals surface area (Å²) in [7, 11) is -3.45. The normalized spacial score (nSPS) is 26.3. The van der Waals surface area contributed by atoms with Gasteiger partial charge in [0.2, 0.25) is 10.0 Å². The van der Waals surface area contributed by atoms with Crippen molar-refractivity contribution in [1.29, 1.82) is 0 Å². The lowest BCUT2D eigenvalue weighted by molar-refractivity contribution is -0.152. The maximum atomic E-state index is 12.5. The Labute approximate surface area is 116 Å². The molecule has 0 aromatic heterocycles. The van der Waals surface area contributed by atoms with E-state index >= 15 is 0 Å². The molecule has 1 rings (SSSR count). The van der Waals surface area contributed by atoms with Gasteiger partial charge in [0.1, 0.15) is 0 Å². The van der Waals surface area contributed by atoms with Gasteiger partial charge in [0, 0.05) is 13.1 Å². The zero-order valence-electron chi connectivity index (χ0n) is 12.3. The van der Waals surface area contributed by atoms with Crippen LogP contribution in [0.3, 0.4) is 0 Å². The van der Waals surface area contributed by atoms with Gasteiger partial charge in [-0.05, 0) is 40.0 Å². The number of carbonyl (C=O) groups is 1. The molecule has 1 saturated heterocycles. The first-order valence-corrected chi connectivity index (χ1v) is 8.24. The predicted octanol–water partition coefficient (Wildman–Crippen LogP) is 2.08. The Morgan fingerprint density at radius 3 is 2.37 bits per heavy atom. The van der Waals surface area contributed by atoms with Crippen LogP contribution in [0.5, 0.6) is 0 Å². The second kappa shape index (κ2) is 5.40. The Bertz CT molecular complexity index is 434. The zero-order valence-corrected chi connectivity index (χ0v) is 13.1. The van der Waals surface area contributed by atoms with Gasteiger partial charge in [0.05, 0.1) is 10.2 Å². The lowest BCUT2D eigenvalue weighted by Gasteiger charge is -2.41. The standard InChI is InChI=1S/C13H25NO4S/c1-5-7-13(11(15)16)8-6-9-14(10-13)19(17,18)12(2,3)4/h5-10H2,1-4H3,(H,15,16). The van der Waals surface area contributed by atoms with Crippen molar-refractivity contribution in [1.82, 2.24) is 4.31 Å². The number of aliphatic carboxylic acids is 1. The topological polar surface area (TPSA) is 74.7 Å². The van der Waals surface area contributed by atoms with E-state index in [1.165, 1.54) is 4.31 Å². The predicted molar refractivity (Wildman–Crippen MR) is 74.5 cm³/mol. The van der Waals surface area contributed by atoms with E-state index in [-0.39, 0.29) is 6.54 Å². The molecular weight excluding hydrogens is 266 g/mol. The van der Waals surface area contributed by atoms with Crippen molar-refractivity contribution in [3.63, 3.8) is 0 Å². The third kappa shape index (κ3) is 3.11. The molecular formula is C13H25NO4S. The molecule has 0 radical (unpaired) electrons. The highest BCUT2D eigenvalue weighted by Crippen LogP contribution is 2.37. The molecule has 0 spiro atoms. The van der Waals surface area contributed by atoms with Crippen LogP contribution in [0.1, 0.15) is 53.4 Å². The Kier molecular flexibility index (Phi) is 4.67. The summed E-state index contributed by atoms with van der Waals surface area (Å²) in [5.74, 6) is -0.872. The fourth-order valence-corrected chi connectivity index (χ4v) is 4.21. The molecule has 0 amide bonds. The van der Waals surface area contributed by atoms with E-state index in [0.717, 1.165) is 6.42 Å². The van der Waals surface area contributed by atoms with Gasteiger partial charge in [-0.1, -0.05) is 13.3 Å². The number of hydrogen-bond acceptors (Lipinski definition) is 3. The highest BCUT2D eigenvalue weighted by Gasteiger charge is 2.47. The Morgan fingerprint density at radius 1 is 1.37 bits per heavy atom. The SMILES string of the molecule is CCCC1(C(=O)O)CCCN(S(=O)(=O)C(C)(C)C)C1. The molecule has 1 heterocycles. The van der Waals surface area contributed by atoms with Crippen molar-refractivity contribution >= 4 is 16.0 Å². The van der Waals surface area contributed by atoms with Crippen molar-refractivity contribution in [2.75, 3.05) is 13.1 Å². The first-order chi connectivity index (χ1) is 8.57. The quantitative estimate of drug-likeness (QED) is 0.860. The summed E-state index contributed by atoms with van der Waals surface area (Å²) in [6, 6.07) is 0. The second-order valence-corrected chi connectivity index (χ2v) is 9.08. The van der Waals surface area contributed by atoms with Crippen LogP contribution in [0.15, 0.2) is 0 Å². The molecule has 5 nitrogen and oxygen atoms in total. The maximum absolute atomic E-state index is 12.5. The van der Waals surface area contributed by atoms with E-state index in [1.54, 1.807) is 20.8 Å². The largest absolute Gasteiger partial charge is 0.481 e. The van der Waals surface area contributed by atoms with Crippen LogP contribution in [-0.4, -0.2) is 41.6 Å². The molecule has 1 N–H and O–H groups in total. The van der Waals surface area contributed by atoms with Crippen LogP contribution in [0, 0.1) is 5.41 Å². The van der Waals surface area contributed by atoms with E-state index in [4.69, 9.17) is 0 Å². The number of hydrogen-bond donors (Lipinski definition) is 1. The molecule has 1 unspecified atom stereocenters. The first kappa shape index (κ1) is 16.4. The van der Waals surface area contributed by atoms with Crippen molar-refractivity contribution < 1.29 is 18.3 Å². The average Bonchev–Trinajstić information content (AvgIpc) is 2.28. The van der Waals surface area contributed by atoms with Crippen LogP contribution < -0.4 is 0 Å². The van der Waals surface area contributed by atoms with Gasteiger partial charge in [-0.3, -0.25) is 4.79 Å². The van der Waals surface area contributed by atoms with E-state index in [2.05, 4.69) is 0 Å². The third-order valence-corrected chi connectivity index (χ3v) is 6.38. The summed E-state index contributed by atoms with van der Waals surface area (Å²) < 4.78 is 25.4. The summed E-state index contributed by atoms with van der Waals surface area (Å²) in [6.07, 6.45) is 2.45. The number of sulfonamides is 1. The number of carboxylic acids is 1. The zero-order chi connectivity index (χ0) is 14.9. The van der Waals surface area contributed by atoms with Gasteiger partial charge in [0.15, 0.2) is 0 Å². The van der Waals surface area contributed by atoms with Gasteiger partial charge in [-0.25, -0.2) is 12.7 Å². The highest BCUT2D eigenvalue weighted by molar-refractivity contribution is 7.90. The monoisotopic (exact) mass is 291 g/mol. The molecule has 1 atom stereocenters. The van der Waals surface area contributed by atoms with Gasteiger partial charge < -0.3 is 5.11 Å². The maximum Gasteiger partial charge on any atom is 0.310 e. The van der Waals surface area contributed by atoms with Crippen molar-refractivity contribution in [2.45, 2.75) is 58.1 Å². The van der Waals surface area contributed by atoms with Gasteiger partial charge in [-0.15, -0.1) is 0 Å². The minimum Gasteiger partial charge on any atom is -0.481 e. The minimum atomic E-state index is -3.45. The number of rotatable bonds is 4. The molecule has 19 heavy (non-hydrogen) atoms. The minimum absolute atomic E-state index is 0.107. The highest BCUT2D eigenvalue weighted by atomic mass is 32.2. The summed E-state index contributed by atoms with van der Waals surface area (Å²) in [6.45, 7) is 7.42. The molecule has 0 saturated carbocycles. The summed E-state index contributed by atoms with van der Waals surface area (Å²) in [4.78, 5) is 11.6.